The van der Waals surface area contributed by atoms with E-state index in [0.29, 0.717) is 11.8 Å². The topological polar surface area (TPSA) is 68.0 Å². The van der Waals surface area contributed by atoms with Gasteiger partial charge in [0.1, 0.15) is 0 Å². The van der Waals surface area contributed by atoms with Crippen molar-refractivity contribution >= 4 is 34.8 Å². The van der Waals surface area contributed by atoms with Crippen molar-refractivity contribution in [3.05, 3.63) is 10.6 Å². The van der Waals surface area contributed by atoms with Crippen molar-refractivity contribution in [2.45, 2.75) is 51.0 Å². The van der Waals surface area contributed by atoms with Crippen LogP contribution in [0.3, 0.4) is 0 Å². The quantitative estimate of drug-likeness (QED) is 0.877. The molecule has 0 aromatic carbocycles. The van der Waals surface area contributed by atoms with Gasteiger partial charge in [-0.15, -0.1) is 23.7 Å². The second-order valence-electron chi connectivity index (χ2n) is 6.52. The monoisotopic (exact) mass is 327 g/mol. The predicted molar refractivity (Wildman–Crippen MR) is 86.9 cm³/mol. The van der Waals surface area contributed by atoms with Crippen molar-refractivity contribution in [3.8, 4) is 0 Å². The Balaban J connectivity index is 0.00000132. The third kappa shape index (κ3) is 2.83. The number of amides is 1. The van der Waals surface area contributed by atoms with Gasteiger partial charge in [0.15, 0.2) is 5.13 Å². The number of hydrogen-bond acceptors (Lipinski definition) is 4. The van der Waals surface area contributed by atoms with Crippen molar-refractivity contribution in [1.82, 2.24) is 4.98 Å². The van der Waals surface area contributed by atoms with E-state index in [0.717, 1.165) is 30.1 Å². The fourth-order valence-electron chi connectivity index (χ4n) is 4.02. The number of rotatable bonds is 2. The first-order valence-electron chi connectivity index (χ1n) is 7.77. The smallest absolute Gasteiger partial charge is 0.229 e. The summed E-state index contributed by atoms with van der Waals surface area (Å²) >= 11 is 1.62. The molecule has 1 aromatic rings. The molecule has 4 rings (SSSR count). The maximum Gasteiger partial charge on any atom is 0.229 e. The lowest BCUT2D eigenvalue weighted by Crippen LogP contribution is -2.27. The molecule has 1 amide bonds. The van der Waals surface area contributed by atoms with Gasteiger partial charge in [-0.25, -0.2) is 4.98 Å². The molecule has 0 spiro atoms. The molecule has 2 saturated carbocycles. The molecule has 3 atom stereocenters. The van der Waals surface area contributed by atoms with E-state index in [1.807, 2.05) is 0 Å². The Labute approximate surface area is 135 Å². The van der Waals surface area contributed by atoms with Crippen LogP contribution in [-0.4, -0.2) is 16.9 Å². The molecule has 3 N–H and O–H groups in total. The van der Waals surface area contributed by atoms with Crippen molar-refractivity contribution in [2.75, 3.05) is 5.32 Å². The number of halogens is 1. The van der Waals surface area contributed by atoms with E-state index in [-0.39, 0.29) is 30.3 Å². The van der Waals surface area contributed by atoms with Crippen LogP contribution in [0.1, 0.15) is 42.7 Å². The molecule has 1 aromatic heterocycles. The Hall–Kier alpha value is -0.650. The van der Waals surface area contributed by atoms with Gasteiger partial charge in [0, 0.05) is 16.8 Å². The van der Waals surface area contributed by atoms with Crippen LogP contribution in [0.5, 0.6) is 0 Å². The lowest BCUT2D eigenvalue weighted by Gasteiger charge is -2.15. The average molecular weight is 328 g/mol. The average Bonchev–Trinajstić information content (AvgIpc) is 3.04. The molecule has 1 heterocycles. The second kappa shape index (κ2) is 5.86. The molecule has 0 radical (unpaired) electrons. The lowest BCUT2D eigenvalue weighted by atomic mass is 9.99. The van der Waals surface area contributed by atoms with Gasteiger partial charge in [0.2, 0.25) is 5.91 Å². The molecular formula is C15H22ClN3OS. The summed E-state index contributed by atoms with van der Waals surface area (Å²) in [6, 6.07) is 0.262. The minimum Gasteiger partial charge on any atom is -0.327 e. The van der Waals surface area contributed by atoms with Crippen molar-refractivity contribution in [1.29, 1.82) is 0 Å². The van der Waals surface area contributed by atoms with Crippen molar-refractivity contribution < 1.29 is 4.79 Å². The van der Waals surface area contributed by atoms with Gasteiger partial charge in [-0.3, -0.25) is 4.79 Å². The van der Waals surface area contributed by atoms with Gasteiger partial charge in [0.05, 0.1) is 5.69 Å². The molecule has 4 nitrogen and oxygen atoms in total. The molecule has 3 aliphatic rings. The minimum atomic E-state index is 0. The molecule has 0 bridgehead atoms. The molecule has 3 aliphatic carbocycles. The van der Waals surface area contributed by atoms with Crippen molar-refractivity contribution in [3.63, 3.8) is 0 Å². The second-order valence-corrected chi connectivity index (χ2v) is 7.60. The van der Waals surface area contributed by atoms with Crippen LogP contribution in [0.4, 0.5) is 5.13 Å². The Bertz CT molecular complexity index is 535. The van der Waals surface area contributed by atoms with E-state index in [4.69, 9.17) is 5.73 Å². The van der Waals surface area contributed by atoms with Gasteiger partial charge in [-0.1, -0.05) is 12.8 Å². The summed E-state index contributed by atoms with van der Waals surface area (Å²) in [6.07, 6.45) is 7.96. The van der Waals surface area contributed by atoms with E-state index >= 15 is 0 Å². The van der Waals surface area contributed by atoms with E-state index in [2.05, 4.69) is 10.3 Å². The Morgan fingerprint density at radius 1 is 1.24 bits per heavy atom. The van der Waals surface area contributed by atoms with E-state index in [9.17, 15) is 4.79 Å². The van der Waals surface area contributed by atoms with Gasteiger partial charge in [-0.2, -0.15) is 0 Å². The number of carbonyl (C=O) groups excluding carboxylic acids is 1. The number of nitrogens with two attached hydrogens (primary N) is 1. The number of aromatic nitrogens is 1. The summed E-state index contributed by atoms with van der Waals surface area (Å²) in [7, 11) is 0. The van der Waals surface area contributed by atoms with Crippen LogP contribution in [0.2, 0.25) is 0 Å². The zero-order chi connectivity index (χ0) is 13.7. The highest BCUT2D eigenvalue weighted by atomic mass is 35.5. The number of anilines is 1. The largest absolute Gasteiger partial charge is 0.327 e. The van der Waals surface area contributed by atoms with Crippen LogP contribution >= 0.6 is 23.7 Å². The molecule has 0 aliphatic heterocycles. The zero-order valence-electron chi connectivity index (χ0n) is 12.0. The fourth-order valence-corrected chi connectivity index (χ4v) is 5.13. The normalized spacial score (nSPS) is 33.4. The van der Waals surface area contributed by atoms with Crippen molar-refractivity contribution in [2.24, 2.45) is 23.5 Å². The Morgan fingerprint density at radius 3 is 2.67 bits per heavy atom. The first kappa shape index (κ1) is 15.3. The summed E-state index contributed by atoms with van der Waals surface area (Å²) in [4.78, 5) is 18.2. The van der Waals surface area contributed by atoms with E-state index < -0.39 is 0 Å². The maximum absolute atomic E-state index is 12.3. The SMILES string of the molecule is Cl.N[C@H]1CCc2nc(NC(=O)C3C4CCCCC43)sc2C1. The summed E-state index contributed by atoms with van der Waals surface area (Å²) in [6.45, 7) is 0. The Kier molecular flexibility index (Phi) is 4.26. The Morgan fingerprint density at radius 2 is 1.95 bits per heavy atom. The molecule has 116 valence electrons. The van der Waals surface area contributed by atoms with Gasteiger partial charge < -0.3 is 11.1 Å². The van der Waals surface area contributed by atoms with Gasteiger partial charge in [-0.05, 0) is 43.9 Å². The molecule has 0 saturated heterocycles. The number of fused-ring (bicyclic) bond motifs is 2. The summed E-state index contributed by atoms with van der Waals surface area (Å²) < 4.78 is 0. The fraction of sp³-hybridized carbons (Fsp3) is 0.733. The summed E-state index contributed by atoms with van der Waals surface area (Å²) in [5.41, 5.74) is 7.14. The van der Waals surface area contributed by atoms with E-state index in [1.54, 1.807) is 11.3 Å². The zero-order valence-corrected chi connectivity index (χ0v) is 13.6. The van der Waals surface area contributed by atoms with E-state index in [1.165, 1.54) is 30.6 Å². The van der Waals surface area contributed by atoms with Gasteiger partial charge in [0.25, 0.3) is 0 Å². The number of hydrogen-bond donors (Lipinski definition) is 2. The third-order valence-corrected chi connectivity index (χ3v) is 6.20. The third-order valence-electron chi connectivity index (χ3n) is 5.17. The highest BCUT2D eigenvalue weighted by Gasteiger charge is 2.54. The first-order chi connectivity index (χ1) is 9.72. The number of thiazole rings is 1. The molecular weight excluding hydrogens is 306 g/mol. The summed E-state index contributed by atoms with van der Waals surface area (Å²) in [5, 5.41) is 3.85. The summed E-state index contributed by atoms with van der Waals surface area (Å²) in [5.74, 6) is 1.79. The molecule has 2 fully saturated rings. The molecule has 2 unspecified atom stereocenters. The predicted octanol–water partition coefficient (Wildman–Crippen LogP) is 2.76. The van der Waals surface area contributed by atoms with Crippen LogP contribution in [-0.2, 0) is 17.6 Å². The number of carbonyl (C=O) groups is 1. The minimum absolute atomic E-state index is 0. The van der Waals surface area contributed by atoms with Gasteiger partial charge >= 0.3 is 0 Å². The van der Waals surface area contributed by atoms with Crippen LogP contribution < -0.4 is 11.1 Å². The standard InChI is InChI=1S/C15H21N3OS.ClH/c16-8-5-6-11-12(7-8)20-15(17-11)18-14(19)13-9-3-1-2-4-10(9)13;/h8-10,13H,1-7,16H2,(H,17,18,19);1H/t8-,9?,10?,13?;/m0./s1. The number of nitrogens with zero attached hydrogens (tertiary/aromatic N) is 1. The number of nitrogens with one attached hydrogen (secondary N) is 1. The van der Waals surface area contributed by atoms with Crippen LogP contribution in [0, 0.1) is 17.8 Å². The first-order valence-corrected chi connectivity index (χ1v) is 8.59. The maximum atomic E-state index is 12.3. The highest BCUT2D eigenvalue weighted by molar-refractivity contribution is 7.15. The van der Waals surface area contributed by atoms with Crippen LogP contribution in [0.25, 0.3) is 0 Å². The molecule has 21 heavy (non-hydrogen) atoms. The molecule has 6 heteroatoms. The lowest BCUT2D eigenvalue weighted by molar-refractivity contribution is -0.117. The number of aryl methyl sites for hydroxylation is 1. The van der Waals surface area contributed by atoms with Crippen LogP contribution in [0.15, 0.2) is 0 Å². The highest BCUT2D eigenvalue weighted by Crippen LogP contribution is 2.55.